The van der Waals surface area contributed by atoms with E-state index >= 15 is 0 Å². The van der Waals surface area contributed by atoms with E-state index in [1.54, 1.807) is 54.1 Å². The average molecular weight is 560 g/mol. The monoisotopic (exact) mass is 559 g/mol. The van der Waals surface area contributed by atoms with E-state index in [0.717, 1.165) is 11.8 Å². The van der Waals surface area contributed by atoms with Crippen molar-refractivity contribution in [3.8, 4) is 11.4 Å². The molecule has 190 valence electrons. The van der Waals surface area contributed by atoms with E-state index in [4.69, 9.17) is 27.9 Å². The fourth-order valence-electron chi connectivity index (χ4n) is 3.29. The number of carbonyl (C=O) groups is 2. The Kier molecular flexibility index (Phi) is 8.65. The summed E-state index contributed by atoms with van der Waals surface area (Å²) in [5.41, 5.74) is 1.44. The molecule has 3 aromatic carbocycles. The number of nitrogens with zero attached hydrogens (tertiary/aromatic N) is 3. The minimum Gasteiger partial charge on any atom is -0.497 e. The minimum absolute atomic E-state index is 0.000764. The average Bonchev–Trinajstić information content (AvgIpc) is 3.29. The predicted molar refractivity (Wildman–Crippen MR) is 141 cm³/mol. The maximum absolute atomic E-state index is 13.6. The lowest BCUT2D eigenvalue weighted by Gasteiger charge is -2.12. The molecule has 0 aliphatic heterocycles. The summed E-state index contributed by atoms with van der Waals surface area (Å²) in [7, 11) is 1.56. The molecule has 0 atom stereocenters. The Morgan fingerprint density at radius 3 is 2.43 bits per heavy atom. The van der Waals surface area contributed by atoms with Crippen LogP contribution in [0.4, 0.5) is 10.1 Å². The van der Waals surface area contributed by atoms with Crippen molar-refractivity contribution in [3.05, 3.63) is 94.0 Å². The highest BCUT2D eigenvalue weighted by Crippen LogP contribution is 2.24. The third-order valence-corrected chi connectivity index (χ3v) is 6.55. The number of nitrogens with one attached hydrogen (secondary N) is 2. The van der Waals surface area contributed by atoms with Crippen LogP contribution in [0.3, 0.4) is 0 Å². The van der Waals surface area contributed by atoms with Crippen LogP contribution >= 0.6 is 35.0 Å². The van der Waals surface area contributed by atoms with Gasteiger partial charge < -0.3 is 15.4 Å². The molecule has 2 amide bonds. The fourth-order valence-corrected chi connectivity index (χ4v) is 4.55. The molecule has 8 nitrogen and oxygen atoms in total. The van der Waals surface area contributed by atoms with E-state index in [1.165, 1.54) is 24.3 Å². The maximum Gasteiger partial charge on any atom is 0.253 e. The molecule has 4 rings (SSSR count). The highest BCUT2D eigenvalue weighted by atomic mass is 35.5. The van der Waals surface area contributed by atoms with E-state index in [9.17, 15) is 14.0 Å². The molecule has 0 spiro atoms. The van der Waals surface area contributed by atoms with Crippen molar-refractivity contribution in [1.29, 1.82) is 0 Å². The van der Waals surface area contributed by atoms with Gasteiger partial charge in [0.15, 0.2) is 11.0 Å². The highest BCUT2D eigenvalue weighted by molar-refractivity contribution is 7.99. The first-order chi connectivity index (χ1) is 17.8. The molecule has 0 fully saturated rings. The molecule has 0 unspecified atom stereocenters. The van der Waals surface area contributed by atoms with E-state index in [-0.39, 0.29) is 28.8 Å². The zero-order valence-electron chi connectivity index (χ0n) is 19.4. The summed E-state index contributed by atoms with van der Waals surface area (Å²) < 4.78 is 20.3. The Bertz CT molecular complexity index is 1420. The molecular weight excluding hydrogens is 540 g/mol. The second-order valence-corrected chi connectivity index (χ2v) is 9.37. The zero-order chi connectivity index (χ0) is 26.4. The SMILES string of the molecule is COc1ccc(NC(=O)CSc2nnc(CNC(=O)c3ccc(Cl)cc3Cl)n2-c2ccc(F)cc2)cc1. The van der Waals surface area contributed by atoms with Crippen LogP contribution in [-0.2, 0) is 11.3 Å². The summed E-state index contributed by atoms with van der Waals surface area (Å²) in [5.74, 6) is 0.00961. The lowest BCUT2D eigenvalue weighted by molar-refractivity contribution is -0.113. The van der Waals surface area contributed by atoms with Crippen LogP contribution in [0.1, 0.15) is 16.2 Å². The molecule has 0 saturated carbocycles. The van der Waals surface area contributed by atoms with Gasteiger partial charge in [-0.3, -0.25) is 14.2 Å². The number of rotatable bonds is 9. The summed E-state index contributed by atoms with van der Waals surface area (Å²) in [5, 5.41) is 14.9. The molecule has 1 aromatic heterocycles. The van der Waals surface area contributed by atoms with Crippen molar-refractivity contribution in [3.63, 3.8) is 0 Å². The van der Waals surface area contributed by atoms with Crippen LogP contribution in [0.2, 0.25) is 10.0 Å². The molecular formula is C25H20Cl2FN5O3S. The molecule has 1 heterocycles. The first-order valence-electron chi connectivity index (χ1n) is 10.8. The normalized spacial score (nSPS) is 10.7. The lowest BCUT2D eigenvalue weighted by Crippen LogP contribution is -2.25. The fraction of sp³-hybridized carbons (Fsp3) is 0.120. The molecule has 0 aliphatic rings. The standard InChI is InChI=1S/C25H20Cl2FN5O3S/c1-36-19-9-5-17(6-10-19)30-23(34)14-37-25-32-31-22(33(25)18-7-3-16(28)4-8-18)13-29-24(35)20-11-2-15(26)12-21(20)27/h2-12H,13-14H2,1H3,(H,29,35)(H,30,34). The zero-order valence-corrected chi connectivity index (χ0v) is 21.7. The molecule has 2 N–H and O–H groups in total. The molecule has 37 heavy (non-hydrogen) atoms. The van der Waals surface area contributed by atoms with Crippen molar-refractivity contribution in [2.75, 3.05) is 18.2 Å². The van der Waals surface area contributed by atoms with Gasteiger partial charge in [0.2, 0.25) is 5.91 Å². The van der Waals surface area contributed by atoms with Crippen molar-refractivity contribution in [2.45, 2.75) is 11.7 Å². The van der Waals surface area contributed by atoms with Crippen LogP contribution in [0.15, 0.2) is 71.9 Å². The summed E-state index contributed by atoms with van der Waals surface area (Å²) in [6, 6.07) is 17.2. The molecule has 12 heteroatoms. The van der Waals surface area contributed by atoms with Gasteiger partial charge >= 0.3 is 0 Å². The topological polar surface area (TPSA) is 98.1 Å². The molecule has 4 aromatic rings. The van der Waals surface area contributed by atoms with Crippen LogP contribution in [0.25, 0.3) is 5.69 Å². The van der Waals surface area contributed by atoms with Gasteiger partial charge in [0.25, 0.3) is 5.91 Å². The molecule has 0 saturated heterocycles. The van der Waals surface area contributed by atoms with Crippen LogP contribution in [0, 0.1) is 5.82 Å². The lowest BCUT2D eigenvalue weighted by atomic mass is 10.2. The maximum atomic E-state index is 13.6. The Hall–Kier alpha value is -3.60. The minimum atomic E-state index is -0.427. The summed E-state index contributed by atoms with van der Waals surface area (Å²) in [4.78, 5) is 25.2. The number of methoxy groups -OCH3 is 1. The van der Waals surface area contributed by atoms with Crippen molar-refractivity contribution >= 4 is 52.5 Å². The molecule has 0 aliphatic carbocycles. The summed E-state index contributed by atoms with van der Waals surface area (Å²) >= 11 is 13.2. The highest BCUT2D eigenvalue weighted by Gasteiger charge is 2.18. The van der Waals surface area contributed by atoms with Gasteiger partial charge in [-0.25, -0.2) is 4.39 Å². The molecule has 0 radical (unpaired) electrons. The van der Waals surface area contributed by atoms with Crippen molar-refractivity contribution in [1.82, 2.24) is 20.1 Å². The third kappa shape index (κ3) is 6.79. The number of aromatic nitrogens is 3. The summed E-state index contributed by atoms with van der Waals surface area (Å²) in [6.45, 7) is 0.000764. The number of amides is 2. The second-order valence-electron chi connectivity index (χ2n) is 7.58. The summed E-state index contributed by atoms with van der Waals surface area (Å²) in [6.07, 6.45) is 0. The van der Waals surface area contributed by atoms with E-state index in [2.05, 4.69) is 20.8 Å². The number of halogens is 3. The van der Waals surface area contributed by atoms with Crippen LogP contribution in [0.5, 0.6) is 5.75 Å². The van der Waals surface area contributed by atoms with Gasteiger partial charge in [-0.05, 0) is 66.7 Å². The first-order valence-corrected chi connectivity index (χ1v) is 12.6. The number of hydrogen-bond donors (Lipinski definition) is 2. The van der Waals surface area contributed by atoms with Gasteiger partial charge in [0.1, 0.15) is 11.6 Å². The molecule has 0 bridgehead atoms. The number of ether oxygens (including phenoxy) is 1. The second kappa shape index (κ2) is 12.1. The van der Waals surface area contributed by atoms with Gasteiger partial charge in [-0.2, -0.15) is 0 Å². The van der Waals surface area contributed by atoms with E-state index in [0.29, 0.717) is 33.1 Å². The third-order valence-electron chi connectivity index (χ3n) is 5.07. The Balaban J connectivity index is 1.49. The predicted octanol–water partition coefficient (Wildman–Crippen LogP) is 5.38. The largest absolute Gasteiger partial charge is 0.497 e. The van der Waals surface area contributed by atoms with E-state index < -0.39 is 11.7 Å². The van der Waals surface area contributed by atoms with Crippen LogP contribution in [-0.4, -0.2) is 39.4 Å². The van der Waals surface area contributed by atoms with Gasteiger partial charge in [-0.15, -0.1) is 10.2 Å². The van der Waals surface area contributed by atoms with E-state index in [1.807, 2.05) is 0 Å². The smallest absolute Gasteiger partial charge is 0.253 e. The Labute approximate surface area is 226 Å². The van der Waals surface area contributed by atoms with Gasteiger partial charge in [-0.1, -0.05) is 35.0 Å². The number of anilines is 1. The Morgan fingerprint density at radius 2 is 1.76 bits per heavy atom. The van der Waals surface area contributed by atoms with Gasteiger partial charge in [0, 0.05) is 16.4 Å². The number of benzene rings is 3. The number of carbonyl (C=O) groups excluding carboxylic acids is 2. The number of thioether (sulfide) groups is 1. The van der Waals surface area contributed by atoms with Gasteiger partial charge in [0.05, 0.1) is 30.0 Å². The van der Waals surface area contributed by atoms with Crippen molar-refractivity contribution in [2.24, 2.45) is 0 Å². The van der Waals surface area contributed by atoms with Crippen LogP contribution < -0.4 is 15.4 Å². The Morgan fingerprint density at radius 1 is 1.03 bits per heavy atom. The quantitative estimate of drug-likeness (QED) is 0.267. The van der Waals surface area contributed by atoms with Crippen molar-refractivity contribution < 1.29 is 18.7 Å². The first kappa shape index (κ1) is 26.5. The number of hydrogen-bond acceptors (Lipinski definition) is 6.